The first-order valence-corrected chi connectivity index (χ1v) is 6.25. The second-order valence-electron chi connectivity index (χ2n) is 3.95. The topological polar surface area (TPSA) is 49.3 Å². The number of nitrogens with one attached hydrogen (secondary N) is 1. The number of aromatic hydroxyl groups is 1. The van der Waals surface area contributed by atoms with Crippen molar-refractivity contribution in [2.45, 2.75) is 18.7 Å². The van der Waals surface area contributed by atoms with E-state index in [1.54, 1.807) is 18.2 Å². The molecule has 1 aromatic carbocycles. The van der Waals surface area contributed by atoms with Gasteiger partial charge in [0.15, 0.2) is 0 Å². The fourth-order valence-electron chi connectivity index (χ4n) is 1.09. The molecule has 0 aromatic heterocycles. The van der Waals surface area contributed by atoms with Gasteiger partial charge in [0.05, 0.1) is 5.75 Å². The fourth-order valence-corrected chi connectivity index (χ4v) is 1.87. The van der Waals surface area contributed by atoms with Crippen molar-refractivity contribution in [3.8, 4) is 5.75 Å². The highest BCUT2D eigenvalue weighted by atomic mass is 32.2. The number of rotatable bonds is 5. The van der Waals surface area contributed by atoms with Crippen molar-refractivity contribution in [1.29, 1.82) is 0 Å². The van der Waals surface area contributed by atoms with E-state index in [1.807, 2.05) is 6.07 Å². The van der Waals surface area contributed by atoms with Gasteiger partial charge in [-0.15, -0.1) is 11.8 Å². The third-order valence-electron chi connectivity index (χ3n) is 1.93. The Kier molecular flexibility index (Phi) is 5.19. The summed E-state index contributed by atoms with van der Waals surface area (Å²) in [6, 6.07) is 7.02. The Labute approximate surface area is 100 Å². The predicted octanol–water partition coefficient (Wildman–Crippen LogP) is 2.26. The van der Waals surface area contributed by atoms with Gasteiger partial charge in [0, 0.05) is 11.4 Å². The molecule has 0 heterocycles. The lowest BCUT2D eigenvalue weighted by atomic mass is 10.2. The van der Waals surface area contributed by atoms with Crippen LogP contribution in [0.4, 0.5) is 0 Å². The molecule has 88 valence electrons. The number of amides is 1. The maximum atomic E-state index is 11.4. The van der Waals surface area contributed by atoms with E-state index in [2.05, 4.69) is 19.2 Å². The number of para-hydroxylation sites is 1. The number of phenols is 1. The van der Waals surface area contributed by atoms with Crippen LogP contribution >= 0.6 is 11.8 Å². The molecule has 3 nitrogen and oxygen atoms in total. The molecule has 1 rings (SSSR count). The minimum atomic E-state index is 0.00181. The predicted molar refractivity (Wildman–Crippen MR) is 66.7 cm³/mol. The summed E-state index contributed by atoms with van der Waals surface area (Å²) in [7, 11) is 0. The van der Waals surface area contributed by atoms with Crippen LogP contribution in [-0.4, -0.2) is 23.3 Å². The summed E-state index contributed by atoms with van der Waals surface area (Å²) in [5.41, 5.74) is 0. The highest BCUT2D eigenvalue weighted by molar-refractivity contribution is 8.00. The SMILES string of the molecule is CC(C)CNC(=O)CSc1ccccc1O. The number of carbonyl (C=O) groups is 1. The van der Waals surface area contributed by atoms with Crippen molar-refractivity contribution < 1.29 is 9.90 Å². The first-order valence-electron chi connectivity index (χ1n) is 5.27. The molecule has 4 heteroatoms. The summed E-state index contributed by atoms with van der Waals surface area (Å²) >= 11 is 1.34. The van der Waals surface area contributed by atoms with Crippen LogP contribution in [0.3, 0.4) is 0 Å². The third kappa shape index (κ3) is 4.57. The van der Waals surface area contributed by atoms with Crippen LogP contribution in [-0.2, 0) is 4.79 Å². The maximum Gasteiger partial charge on any atom is 0.230 e. The molecule has 0 saturated heterocycles. The van der Waals surface area contributed by atoms with Gasteiger partial charge >= 0.3 is 0 Å². The number of thioether (sulfide) groups is 1. The van der Waals surface area contributed by atoms with E-state index < -0.39 is 0 Å². The van der Waals surface area contributed by atoms with Crippen LogP contribution < -0.4 is 5.32 Å². The summed E-state index contributed by atoms with van der Waals surface area (Å²) < 4.78 is 0. The van der Waals surface area contributed by atoms with Gasteiger partial charge in [-0.05, 0) is 18.1 Å². The smallest absolute Gasteiger partial charge is 0.230 e. The molecule has 0 fully saturated rings. The Morgan fingerprint density at radius 1 is 1.44 bits per heavy atom. The highest BCUT2D eigenvalue weighted by Gasteiger charge is 2.05. The average molecular weight is 239 g/mol. The number of benzene rings is 1. The zero-order valence-corrected chi connectivity index (χ0v) is 10.4. The second kappa shape index (κ2) is 6.43. The third-order valence-corrected chi connectivity index (χ3v) is 2.99. The van der Waals surface area contributed by atoms with Crippen LogP contribution in [0.5, 0.6) is 5.75 Å². The Balaban J connectivity index is 2.35. The molecular weight excluding hydrogens is 222 g/mol. The number of carbonyl (C=O) groups excluding carboxylic acids is 1. The van der Waals surface area contributed by atoms with Gasteiger partial charge in [0.1, 0.15) is 5.75 Å². The summed E-state index contributed by atoms with van der Waals surface area (Å²) in [4.78, 5) is 12.2. The lowest BCUT2D eigenvalue weighted by molar-refractivity contribution is -0.118. The quantitative estimate of drug-likeness (QED) is 0.775. The molecule has 1 aromatic rings. The van der Waals surface area contributed by atoms with E-state index in [1.165, 1.54) is 11.8 Å². The van der Waals surface area contributed by atoms with Gasteiger partial charge in [-0.2, -0.15) is 0 Å². The Bertz CT molecular complexity index is 353. The van der Waals surface area contributed by atoms with E-state index in [0.717, 1.165) is 4.90 Å². The lowest BCUT2D eigenvalue weighted by Gasteiger charge is -2.07. The zero-order valence-electron chi connectivity index (χ0n) is 9.56. The molecule has 1 amide bonds. The molecule has 0 spiro atoms. The Morgan fingerprint density at radius 2 is 2.12 bits per heavy atom. The summed E-state index contributed by atoms with van der Waals surface area (Å²) in [5.74, 6) is 1.02. The van der Waals surface area contributed by atoms with Crippen LogP contribution in [0.15, 0.2) is 29.2 Å². The fraction of sp³-hybridized carbons (Fsp3) is 0.417. The van der Waals surface area contributed by atoms with E-state index >= 15 is 0 Å². The van der Waals surface area contributed by atoms with E-state index in [0.29, 0.717) is 18.2 Å². The van der Waals surface area contributed by atoms with Gasteiger partial charge in [-0.1, -0.05) is 26.0 Å². The van der Waals surface area contributed by atoms with Gasteiger partial charge in [-0.25, -0.2) is 0 Å². The maximum absolute atomic E-state index is 11.4. The van der Waals surface area contributed by atoms with Gasteiger partial charge in [0.25, 0.3) is 0 Å². The molecule has 0 radical (unpaired) electrons. The van der Waals surface area contributed by atoms with Crippen molar-refractivity contribution in [1.82, 2.24) is 5.32 Å². The average Bonchev–Trinajstić information content (AvgIpc) is 2.25. The first-order chi connectivity index (χ1) is 7.59. The van der Waals surface area contributed by atoms with Crippen LogP contribution in [0, 0.1) is 5.92 Å². The first kappa shape index (κ1) is 12.9. The zero-order chi connectivity index (χ0) is 12.0. The standard InChI is InChI=1S/C12H17NO2S/c1-9(2)7-13-12(15)8-16-11-6-4-3-5-10(11)14/h3-6,9,14H,7-8H2,1-2H3,(H,13,15). The molecule has 16 heavy (non-hydrogen) atoms. The summed E-state index contributed by atoms with van der Waals surface area (Å²) in [5, 5.41) is 12.3. The molecular formula is C12H17NO2S. The van der Waals surface area contributed by atoms with E-state index in [4.69, 9.17) is 0 Å². The van der Waals surface area contributed by atoms with Gasteiger partial charge in [-0.3, -0.25) is 4.79 Å². The largest absolute Gasteiger partial charge is 0.507 e. The summed E-state index contributed by atoms with van der Waals surface area (Å²) in [6.07, 6.45) is 0. The minimum Gasteiger partial charge on any atom is -0.507 e. The Morgan fingerprint density at radius 3 is 2.75 bits per heavy atom. The molecule has 0 bridgehead atoms. The van der Waals surface area contributed by atoms with Crippen molar-refractivity contribution in [2.24, 2.45) is 5.92 Å². The molecule has 0 aliphatic heterocycles. The molecule has 0 unspecified atom stereocenters. The van der Waals surface area contributed by atoms with Crippen LogP contribution in [0.1, 0.15) is 13.8 Å². The molecule has 0 aliphatic carbocycles. The number of hydrogen-bond acceptors (Lipinski definition) is 3. The van der Waals surface area contributed by atoms with Crippen LogP contribution in [0.25, 0.3) is 0 Å². The van der Waals surface area contributed by atoms with Crippen molar-refractivity contribution in [2.75, 3.05) is 12.3 Å². The van der Waals surface area contributed by atoms with Crippen molar-refractivity contribution in [3.63, 3.8) is 0 Å². The second-order valence-corrected chi connectivity index (χ2v) is 4.97. The van der Waals surface area contributed by atoms with Crippen molar-refractivity contribution in [3.05, 3.63) is 24.3 Å². The van der Waals surface area contributed by atoms with E-state index in [-0.39, 0.29) is 11.7 Å². The van der Waals surface area contributed by atoms with Gasteiger partial charge in [0.2, 0.25) is 5.91 Å². The molecule has 2 N–H and O–H groups in total. The number of phenolic OH excluding ortho intramolecular Hbond substituents is 1. The molecule has 0 aliphatic rings. The highest BCUT2D eigenvalue weighted by Crippen LogP contribution is 2.27. The van der Waals surface area contributed by atoms with E-state index in [9.17, 15) is 9.90 Å². The number of hydrogen-bond donors (Lipinski definition) is 2. The van der Waals surface area contributed by atoms with Crippen LogP contribution in [0.2, 0.25) is 0 Å². The monoisotopic (exact) mass is 239 g/mol. The Hall–Kier alpha value is -1.16. The normalized spacial score (nSPS) is 10.4. The molecule has 0 atom stereocenters. The van der Waals surface area contributed by atoms with Gasteiger partial charge < -0.3 is 10.4 Å². The minimum absolute atomic E-state index is 0.00181. The summed E-state index contributed by atoms with van der Waals surface area (Å²) in [6.45, 7) is 4.80. The lowest BCUT2D eigenvalue weighted by Crippen LogP contribution is -2.28. The molecule has 0 saturated carbocycles. The van der Waals surface area contributed by atoms with Crippen molar-refractivity contribution >= 4 is 17.7 Å².